The molecule has 40 heavy (non-hydrogen) atoms. The van der Waals surface area contributed by atoms with E-state index in [2.05, 4.69) is 22.4 Å². The number of fused-ring (bicyclic) bond motifs is 1. The van der Waals surface area contributed by atoms with Crippen molar-refractivity contribution in [2.75, 3.05) is 20.6 Å². The number of nitrogens with one attached hydrogen (secondary N) is 2. The predicted molar refractivity (Wildman–Crippen MR) is 159 cm³/mol. The number of hydrogen-bond donors (Lipinski definition) is 2. The minimum Gasteiger partial charge on any atom is -0.361 e. The first-order valence-electron chi connectivity index (χ1n) is 14.2. The summed E-state index contributed by atoms with van der Waals surface area (Å²) >= 11 is 0. The van der Waals surface area contributed by atoms with Crippen molar-refractivity contribution in [2.24, 2.45) is 0 Å². The molecule has 2 N–H and O–H groups in total. The van der Waals surface area contributed by atoms with Crippen molar-refractivity contribution in [1.82, 2.24) is 25.3 Å². The Morgan fingerprint density at radius 1 is 0.950 bits per heavy atom. The van der Waals surface area contributed by atoms with Gasteiger partial charge in [0.2, 0.25) is 5.91 Å². The molecule has 0 spiro atoms. The van der Waals surface area contributed by atoms with Crippen LogP contribution in [0.2, 0.25) is 0 Å². The van der Waals surface area contributed by atoms with Gasteiger partial charge in [-0.1, -0.05) is 61.7 Å². The summed E-state index contributed by atoms with van der Waals surface area (Å²) in [4.78, 5) is 36.5. The number of aromatic amines is 1. The Morgan fingerprint density at radius 2 is 1.65 bits per heavy atom. The maximum Gasteiger partial charge on any atom is 0.269 e. The fourth-order valence-corrected chi connectivity index (χ4v) is 6.32. The number of hydrazine groups is 1. The van der Waals surface area contributed by atoms with Gasteiger partial charge in [-0.2, -0.15) is 0 Å². The van der Waals surface area contributed by atoms with E-state index >= 15 is 0 Å². The van der Waals surface area contributed by atoms with Crippen molar-refractivity contribution in [3.63, 3.8) is 0 Å². The number of rotatable bonds is 9. The maximum absolute atomic E-state index is 14.5. The van der Waals surface area contributed by atoms with Crippen LogP contribution in [-0.2, 0) is 16.6 Å². The molecule has 1 fully saturated rings. The molecule has 2 amide bonds. The van der Waals surface area contributed by atoms with Crippen molar-refractivity contribution in [3.8, 4) is 0 Å². The number of carbonyl (C=O) groups excluding carboxylic acids is 2. The van der Waals surface area contributed by atoms with Crippen molar-refractivity contribution in [1.29, 1.82) is 0 Å². The van der Waals surface area contributed by atoms with Crippen LogP contribution in [0.3, 0.4) is 0 Å². The first-order chi connectivity index (χ1) is 19.3. The maximum atomic E-state index is 14.5. The van der Waals surface area contributed by atoms with Crippen LogP contribution in [0.1, 0.15) is 60.6 Å². The van der Waals surface area contributed by atoms with Crippen LogP contribution in [0.25, 0.3) is 10.9 Å². The molecule has 1 aliphatic carbocycles. The summed E-state index contributed by atoms with van der Waals surface area (Å²) in [7, 11) is 3.64. The van der Waals surface area contributed by atoms with E-state index in [1.807, 2.05) is 81.9 Å². The van der Waals surface area contributed by atoms with Crippen LogP contribution in [0, 0.1) is 0 Å². The topological polar surface area (TPSA) is 81.3 Å². The molecular weight excluding hydrogens is 498 g/mol. The van der Waals surface area contributed by atoms with E-state index in [1.165, 1.54) is 6.42 Å². The van der Waals surface area contributed by atoms with Crippen LogP contribution in [-0.4, -0.2) is 58.0 Å². The fraction of sp³-hybridized carbons (Fsp3) is 0.364. The number of H-pyrrole nitrogens is 1. The summed E-state index contributed by atoms with van der Waals surface area (Å²) in [5, 5.41) is 7.71. The third kappa shape index (κ3) is 5.39. The molecule has 2 heterocycles. The average molecular weight is 538 g/mol. The molecule has 2 aromatic heterocycles. The van der Waals surface area contributed by atoms with E-state index in [0.29, 0.717) is 18.5 Å². The second-order valence-corrected chi connectivity index (χ2v) is 11.4. The molecule has 7 heteroatoms. The standard InChI is InChI=1S/C33H39N5O2/c1-32(22-26-23-35-28-17-9-8-16-27(26)28,38(37(2)3)30(39)25-14-6-4-7-15-25)31(40)36-24-33(19-11-5-12-20-33)29-18-10-13-21-34-29/h4,6-10,13-18,21,23,35H,5,11-12,19-20,22,24H2,1-3H3,(H,36,40)/t32-/m0/s1. The van der Waals surface area contributed by atoms with Gasteiger partial charge in [-0.05, 0) is 55.7 Å². The molecule has 7 nitrogen and oxygen atoms in total. The molecular formula is C33H39N5O2. The summed E-state index contributed by atoms with van der Waals surface area (Å²) < 4.78 is 0. The molecule has 0 radical (unpaired) electrons. The molecule has 4 aromatic rings. The summed E-state index contributed by atoms with van der Waals surface area (Å²) in [5.74, 6) is -0.406. The molecule has 208 valence electrons. The fourth-order valence-electron chi connectivity index (χ4n) is 6.32. The quantitative estimate of drug-likeness (QED) is 0.276. The van der Waals surface area contributed by atoms with Gasteiger partial charge >= 0.3 is 0 Å². The SMILES string of the molecule is CN(C)N(C(=O)c1ccccc1)[C@@](C)(Cc1c[nH]c2ccccc12)C(=O)NCC1(c2ccccn2)CCCCC1. The van der Waals surface area contributed by atoms with Gasteiger partial charge in [-0.25, -0.2) is 5.01 Å². The largest absolute Gasteiger partial charge is 0.361 e. The minimum atomic E-state index is -1.21. The number of aromatic nitrogens is 2. The number of benzene rings is 2. The highest BCUT2D eigenvalue weighted by molar-refractivity contribution is 5.99. The molecule has 1 atom stereocenters. The van der Waals surface area contributed by atoms with E-state index in [-0.39, 0.29) is 17.2 Å². The van der Waals surface area contributed by atoms with Gasteiger partial charge in [0.15, 0.2) is 0 Å². The number of para-hydroxylation sites is 1. The zero-order chi connectivity index (χ0) is 28.2. The van der Waals surface area contributed by atoms with Gasteiger partial charge in [-0.15, -0.1) is 0 Å². The predicted octanol–water partition coefficient (Wildman–Crippen LogP) is 5.50. The molecule has 2 aromatic carbocycles. The molecule has 0 unspecified atom stereocenters. The van der Waals surface area contributed by atoms with E-state index in [9.17, 15) is 9.59 Å². The monoisotopic (exact) mass is 537 g/mol. The second-order valence-electron chi connectivity index (χ2n) is 11.4. The Labute approximate surface area is 236 Å². The average Bonchev–Trinajstić information content (AvgIpc) is 3.39. The Bertz CT molecular complexity index is 1440. The Hall–Kier alpha value is -3.97. The molecule has 0 saturated heterocycles. The summed E-state index contributed by atoms with van der Waals surface area (Å²) in [6.45, 7) is 2.35. The van der Waals surface area contributed by atoms with Crippen LogP contribution >= 0.6 is 0 Å². The number of nitrogens with zero attached hydrogens (tertiary/aromatic N) is 3. The third-order valence-electron chi connectivity index (χ3n) is 8.39. The van der Waals surface area contributed by atoms with Gasteiger partial charge in [-0.3, -0.25) is 19.6 Å². The van der Waals surface area contributed by atoms with Crippen molar-refractivity contribution >= 4 is 22.7 Å². The molecule has 1 aliphatic rings. The van der Waals surface area contributed by atoms with Gasteiger partial charge < -0.3 is 10.3 Å². The Morgan fingerprint density at radius 3 is 2.35 bits per heavy atom. The number of hydrogen-bond acceptors (Lipinski definition) is 4. The summed E-state index contributed by atoms with van der Waals surface area (Å²) in [6.07, 6.45) is 9.49. The lowest BCUT2D eigenvalue weighted by molar-refractivity contribution is -0.140. The number of carbonyl (C=O) groups is 2. The molecule has 1 saturated carbocycles. The Balaban J connectivity index is 1.52. The lowest BCUT2D eigenvalue weighted by Crippen LogP contribution is -2.65. The summed E-state index contributed by atoms with van der Waals surface area (Å²) in [5.41, 5.74) is 2.12. The van der Waals surface area contributed by atoms with Crippen LogP contribution < -0.4 is 5.32 Å². The highest BCUT2D eigenvalue weighted by Gasteiger charge is 2.46. The van der Waals surface area contributed by atoms with Gasteiger partial charge in [0.05, 0.1) is 0 Å². The van der Waals surface area contributed by atoms with Gasteiger partial charge in [0.25, 0.3) is 5.91 Å². The molecule has 0 aliphatic heterocycles. The smallest absolute Gasteiger partial charge is 0.269 e. The Kier molecular flexibility index (Phi) is 8.03. The summed E-state index contributed by atoms with van der Waals surface area (Å²) in [6, 6.07) is 23.2. The van der Waals surface area contributed by atoms with E-state index in [0.717, 1.165) is 47.8 Å². The molecule has 5 rings (SSSR count). The third-order valence-corrected chi connectivity index (χ3v) is 8.39. The van der Waals surface area contributed by atoms with Crippen molar-refractivity contribution in [2.45, 2.75) is 56.4 Å². The normalized spacial score (nSPS) is 16.4. The highest BCUT2D eigenvalue weighted by atomic mass is 16.2. The van der Waals surface area contributed by atoms with Crippen LogP contribution in [0.15, 0.2) is 85.2 Å². The van der Waals surface area contributed by atoms with Crippen LogP contribution in [0.4, 0.5) is 0 Å². The number of amides is 2. The molecule has 0 bridgehead atoms. The zero-order valence-electron chi connectivity index (χ0n) is 23.7. The second kappa shape index (κ2) is 11.6. The minimum absolute atomic E-state index is 0.184. The van der Waals surface area contributed by atoms with Crippen molar-refractivity contribution < 1.29 is 9.59 Å². The van der Waals surface area contributed by atoms with Gasteiger partial charge in [0.1, 0.15) is 5.54 Å². The zero-order valence-corrected chi connectivity index (χ0v) is 23.7. The first kappa shape index (κ1) is 27.6. The van der Waals surface area contributed by atoms with Gasteiger partial charge in [0, 0.05) is 67.0 Å². The van der Waals surface area contributed by atoms with Crippen molar-refractivity contribution in [3.05, 3.63) is 102 Å². The first-order valence-corrected chi connectivity index (χ1v) is 14.2. The lowest BCUT2D eigenvalue weighted by Gasteiger charge is -2.44. The highest BCUT2D eigenvalue weighted by Crippen LogP contribution is 2.38. The van der Waals surface area contributed by atoms with Crippen LogP contribution in [0.5, 0.6) is 0 Å². The van der Waals surface area contributed by atoms with E-state index in [1.54, 1.807) is 22.2 Å². The number of pyridine rings is 1. The van der Waals surface area contributed by atoms with E-state index < -0.39 is 5.54 Å². The lowest BCUT2D eigenvalue weighted by atomic mass is 9.71. The van der Waals surface area contributed by atoms with E-state index in [4.69, 9.17) is 4.98 Å².